The number of hydrogen-bond donors (Lipinski definition) is 0. The number of rotatable bonds is 0. The number of nitrogens with zero attached hydrogens (tertiary/aromatic N) is 1. The number of aromatic nitrogens is 1. The Morgan fingerprint density at radius 1 is 0.857 bits per heavy atom. The van der Waals surface area contributed by atoms with Gasteiger partial charge >= 0.3 is 0 Å². The van der Waals surface area contributed by atoms with Gasteiger partial charge in [0.05, 0.1) is 15.6 Å². The maximum absolute atomic E-state index is 5.97. The van der Waals surface area contributed by atoms with Gasteiger partial charge in [-0.2, -0.15) is 0 Å². The molecule has 0 aliphatic rings. The Hall–Kier alpha value is -0.210. The zero-order valence-electron chi connectivity index (χ0n) is 6.69. The minimum atomic E-state index is 0.320. The summed E-state index contributed by atoms with van der Waals surface area (Å²) in [5, 5.41) is 2.44. The van der Waals surface area contributed by atoms with Gasteiger partial charge in [-0.05, 0) is 18.2 Å². The van der Waals surface area contributed by atoms with Gasteiger partial charge in [0.1, 0.15) is 5.15 Å². The van der Waals surface area contributed by atoms with Gasteiger partial charge in [-0.25, -0.2) is 4.98 Å². The SMILES string of the molecule is Clc1cc(Cl)c2c(Cl)cc(Cl)nc2c1. The third-order valence-corrected chi connectivity index (χ3v) is 2.75. The lowest BCUT2D eigenvalue weighted by Gasteiger charge is -2.03. The van der Waals surface area contributed by atoms with Crippen LogP contribution in [0, 0.1) is 0 Å². The predicted molar refractivity (Wildman–Crippen MR) is 61.8 cm³/mol. The maximum Gasteiger partial charge on any atom is 0.131 e. The van der Waals surface area contributed by atoms with E-state index in [0.717, 1.165) is 0 Å². The van der Waals surface area contributed by atoms with Gasteiger partial charge in [-0.3, -0.25) is 0 Å². The summed E-state index contributed by atoms with van der Waals surface area (Å²) in [6.45, 7) is 0. The zero-order chi connectivity index (χ0) is 10.3. The van der Waals surface area contributed by atoms with Gasteiger partial charge in [0.2, 0.25) is 0 Å². The van der Waals surface area contributed by atoms with Gasteiger partial charge in [-0.1, -0.05) is 46.4 Å². The molecule has 1 nitrogen and oxygen atoms in total. The highest BCUT2D eigenvalue weighted by molar-refractivity contribution is 6.44. The van der Waals surface area contributed by atoms with Crippen LogP contribution in [0.15, 0.2) is 18.2 Å². The summed E-state index contributed by atoms with van der Waals surface area (Å²) < 4.78 is 0. The number of benzene rings is 1. The fourth-order valence-corrected chi connectivity index (χ4v) is 2.40. The smallest absolute Gasteiger partial charge is 0.131 e. The van der Waals surface area contributed by atoms with Gasteiger partial charge in [-0.15, -0.1) is 0 Å². The Balaban J connectivity index is 2.94. The van der Waals surface area contributed by atoms with Crippen molar-refractivity contribution in [1.82, 2.24) is 4.98 Å². The molecule has 0 saturated carbocycles. The molecule has 0 N–H and O–H groups in total. The summed E-state index contributed by atoms with van der Waals surface area (Å²) in [5.74, 6) is 0. The fourth-order valence-electron chi connectivity index (χ4n) is 1.21. The van der Waals surface area contributed by atoms with Gasteiger partial charge in [0.25, 0.3) is 0 Å². The molecule has 0 radical (unpaired) electrons. The van der Waals surface area contributed by atoms with Crippen molar-refractivity contribution in [3.05, 3.63) is 38.4 Å². The number of fused-ring (bicyclic) bond motifs is 1. The maximum atomic E-state index is 5.97. The number of hydrogen-bond acceptors (Lipinski definition) is 1. The van der Waals surface area contributed by atoms with Crippen LogP contribution in [0.5, 0.6) is 0 Å². The molecule has 0 saturated heterocycles. The first kappa shape index (κ1) is 10.3. The van der Waals surface area contributed by atoms with Crippen LogP contribution in [-0.4, -0.2) is 4.98 Å². The molecule has 0 aliphatic carbocycles. The second-order valence-electron chi connectivity index (χ2n) is 2.71. The molecule has 0 aliphatic heterocycles. The molecule has 2 rings (SSSR count). The van der Waals surface area contributed by atoms with Crippen molar-refractivity contribution in [2.24, 2.45) is 0 Å². The molecule has 0 bridgehead atoms. The van der Waals surface area contributed by atoms with Crippen molar-refractivity contribution in [2.45, 2.75) is 0 Å². The topological polar surface area (TPSA) is 12.9 Å². The van der Waals surface area contributed by atoms with E-state index in [0.29, 0.717) is 31.1 Å². The van der Waals surface area contributed by atoms with E-state index in [1.807, 2.05) is 0 Å². The molecule has 0 unspecified atom stereocenters. The molecule has 0 spiro atoms. The summed E-state index contributed by atoms with van der Waals surface area (Å²) in [6, 6.07) is 4.83. The highest BCUT2D eigenvalue weighted by Gasteiger charge is 2.08. The zero-order valence-corrected chi connectivity index (χ0v) is 9.71. The van der Waals surface area contributed by atoms with E-state index in [9.17, 15) is 0 Å². The molecule has 0 atom stereocenters. The van der Waals surface area contributed by atoms with Crippen molar-refractivity contribution in [2.75, 3.05) is 0 Å². The Morgan fingerprint density at radius 2 is 1.50 bits per heavy atom. The van der Waals surface area contributed by atoms with E-state index in [4.69, 9.17) is 46.4 Å². The van der Waals surface area contributed by atoms with Crippen LogP contribution in [0.25, 0.3) is 10.9 Å². The summed E-state index contributed by atoms with van der Waals surface area (Å²) >= 11 is 23.5. The van der Waals surface area contributed by atoms with E-state index < -0.39 is 0 Å². The molecule has 1 aromatic carbocycles. The van der Waals surface area contributed by atoms with Crippen LogP contribution in [0.2, 0.25) is 20.2 Å². The molecule has 0 amide bonds. The number of halogens is 4. The van der Waals surface area contributed by atoms with Crippen LogP contribution in [0.4, 0.5) is 0 Å². The lowest BCUT2D eigenvalue weighted by molar-refractivity contribution is 1.41. The molecule has 1 aromatic heterocycles. The van der Waals surface area contributed by atoms with Crippen molar-refractivity contribution >= 4 is 57.3 Å². The fraction of sp³-hybridized carbons (Fsp3) is 0. The summed E-state index contributed by atoms with van der Waals surface area (Å²) in [4.78, 5) is 4.07. The first-order valence-electron chi connectivity index (χ1n) is 3.69. The van der Waals surface area contributed by atoms with Crippen molar-refractivity contribution < 1.29 is 0 Å². The van der Waals surface area contributed by atoms with Crippen LogP contribution in [0.1, 0.15) is 0 Å². The minimum absolute atomic E-state index is 0.320. The Labute approximate surface area is 101 Å². The van der Waals surface area contributed by atoms with E-state index in [1.165, 1.54) is 0 Å². The average molecular weight is 267 g/mol. The molecule has 1 heterocycles. The summed E-state index contributed by atoms with van der Waals surface area (Å²) in [6.07, 6.45) is 0. The minimum Gasteiger partial charge on any atom is -0.236 e. The van der Waals surface area contributed by atoms with Crippen LogP contribution in [-0.2, 0) is 0 Å². The molecule has 14 heavy (non-hydrogen) atoms. The molecular weight excluding hydrogens is 264 g/mol. The van der Waals surface area contributed by atoms with Crippen LogP contribution < -0.4 is 0 Å². The monoisotopic (exact) mass is 265 g/mol. The Kier molecular flexibility index (Phi) is 2.76. The third-order valence-electron chi connectivity index (χ3n) is 1.75. The second kappa shape index (κ2) is 3.74. The molecular formula is C9H3Cl4N. The quantitative estimate of drug-likeness (QED) is 0.622. The van der Waals surface area contributed by atoms with Crippen LogP contribution in [0.3, 0.4) is 0 Å². The van der Waals surface area contributed by atoms with Crippen molar-refractivity contribution in [3.63, 3.8) is 0 Å². The van der Waals surface area contributed by atoms with Crippen molar-refractivity contribution in [3.8, 4) is 0 Å². The van der Waals surface area contributed by atoms with E-state index in [1.54, 1.807) is 18.2 Å². The standard InChI is InChI=1S/C9H3Cl4N/c10-4-1-5(11)9-6(12)3-8(13)14-7(9)2-4/h1-3H. The second-order valence-corrected chi connectivity index (χ2v) is 4.35. The average Bonchev–Trinajstić information content (AvgIpc) is 1.99. The summed E-state index contributed by atoms with van der Waals surface area (Å²) in [7, 11) is 0. The summed E-state index contributed by atoms with van der Waals surface area (Å²) in [5.41, 5.74) is 0.597. The molecule has 2 aromatic rings. The first-order valence-corrected chi connectivity index (χ1v) is 5.20. The highest BCUT2D eigenvalue weighted by atomic mass is 35.5. The largest absolute Gasteiger partial charge is 0.236 e. The van der Waals surface area contributed by atoms with E-state index >= 15 is 0 Å². The van der Waals surface area contributed by atoms with Crippen LogP contribution >= 0.6 is 46.4 Å². The number of pyridine rings is 1. The van der Waals surface area contributed by atoms with Gasteiger partial charge < -0.3 is 0 Å². The first-order chi connectivity index (χ1) is 6.58. The van der Waals surface area contributed by atoms with E-state index in [2.05, 4.69) is 4.98 Å². The third kappa shape index (κ3) is 1.78. The van der Waals surface area contributed by atoms with Crippen molar-refractivity contribution in [1.29, 1.82) is 0 Å². The van der Waals surface area contributed by atoms with E-state index in [-0.39, 0.29) is 0 Å². The van der Waals surface area contributed by atoms with Gasteiger partial charge in [0.15, 0.2) is 0 Å². The highest BCUT2D eigenvalue weighted by Crippen LogP contribution is 2.33. The lowest BCUT2D eigenvalue weighted by atomic mass is 10.2. The Morgan fingerprint density at radius 3 is 2.21 bits per heavy atom. The normalized spacial score (nSPS) is 10.9. The van der Waals surface area contributed by atoms with Gasteiger partial charge in [0, 0.05) is 10.4 Å². The Bertz CT molecular complexity index is 467. The molecule has 0 fully saturated rings. The molecule has 5 heteroatoms. The predicted octanol–water partition coefficient (Wildman–Crippen LogP) is 4.85. The lowest BCUT2D eigenvalue weighted by Crippen LogP contribution is -1.83. The molecule has 72 valence electrons.